The molecule has 8 nitrogen and oxygen atoms in total. The highest BCUT2D eigenvalue weighted by Gasteiger charge is 2.31. The van der Waals surface area contributed by atoms with Crippen LogP contribution in [0, 0.1) is 0 Å². The number of aromatic hydroxyl groups is 1. The first-order chi connectivity index (χ1) is 15.0. The lowest BCUT2D eigenvalue weighted by Crippen LogP contribution is -2.17. The molecule has 3 rings (SSSR count). The minimum atomic E-state index is -4.89. The third-order valence-corrected chi connectivity index (χ3v) is 5.87. The molecule has 0 aliphatic rings. The summed E-state index contributed by atoms with van der Waals surface area (Å²) < 4.78 is 66.5. The number of carbonyl (C=O) groups is 1. The van der Waals surface area contributed by atoms with Crippen LogP contribution in [0.2, 0.25) is 5.02 Å². The van der Waals surface area contributed by atoms with E-state index in [4.69, 9.17) is 11.6 Å². The molecule has 0 saturated carbocycles. The number of rotatable bonds is 6. The van der Waals surface area contributed by atoms with Gasteiger partial charge in [-0.2, -0.15) is 5.10 Å². The van der Waals surface area contributed by atoms with Crippen molar-refractivity contribution in [3.63, 3.8) is 0 Å². The maximum absolute atomic E-state index is 12.6. The van der Waals surface area contributed by atoms with Gasteiger partial charge in [0.1, 0.15) is 11.5 Å². The van der Waals surface area contributed by atoms with Crippen molar-refractivity contribution >= 4 is 33.7 Å². The first-order valence-corrected chi connectivity index (χ1v) is 10.4. The minimum Gasteiger partial charge on any atom is -0.506 e. The van der Waals surface area contributed by atoms with Crippen molar-refractivity contribution in [2.24, 2.45) is 5.10 Å². The normalized spacial score (nSPS) is 12.1. The van der Waals surface area contributed by atoms with E-state index in [0.717, 1.165) is 28.2 Å². The van der Waals surface area contributed by atoms with Gasteiger partial charge in [0.25, 0.3) is 15.9 Å². The molecule has 1 aromatic heterocycles. The molecule has 0 unspecified atom stereocenters. The largest absolute Gasteiger partial charge is 0.573 e. The summed E-state index contributed by atoms with van der Waals surface area (Å²) in [6, 6.07) is 8.95. The Labute approximate surface area is 184 Å². The number of benzene rings is 2. The number of phenols is 1. The fourth-order valence-electron chi connectivity index (χ4n) is 2.43. The molecule has 1 heterocycles. The van der Waals surface area contributed by atoms with E-state index in [9.17, 15) is 31.5 Å². The van der Waals surface area contributed by atoms with Gasteiger partial charge in [-0.05, 0) is 48.5 Å². The predicted molar refractivity (Wildman–Crippen MR) is 108 cm³/mol. The molecule has 0 aliphatic carbocycles. The van der Waals surface area contributed by atoms with Crippen molar-refractivity contribution in [2.45, 2.75) is 11.3 Å². The van der Waals surface area contributed by atoms with Crippen molar-refractivity contribution in [1.82, 2.24) is 9.40 Å². The number of alkyl halides is 3. The lowest BCUT2D eigenvalue weighted by atomic mass is 10.2. The standard InChI is InChI=1S/C19H13ClF3N3O5S/c20-16-9-13(1-6-17(16)27)18(28)25-24-10-12-7-8-26(11-12)32(29,30)15-4-2-14(3-5-15)31-19(21,22)23/h1-11,27H,(H,25,28)/b24-10+. The molecule has 2 N–H and O–H groups in total. The number of hydrogen-bond acceptors (Lipinski definition) is 6. The molecule has 0 atom stereocenters. The van der Waals surface area contributed by atoms with Gasteiger partial charge in [-0.25, -0.2) is 17.8 Å². The number of carbonyl (C=O) groups excluding carboxylic acids is 1. The van der Waals surface area contributed by atoms with Crippen molar-refractivity contribution in [2.75, 3.05) is 0 Å². The van der Waals surface area contributed by atoms with Crippen LogP contribution in [0.4, 0.5) is 13.2 Å². The maximum atomic E-state index is 12.6. The molecule has 168 valence electrons. The van der Waals surface area contributed by atoms with E-state index < -0.39 is 28.0 Å². The number of amides is 1. The molecule has 0 spiro atoms. The second-order valence-electron chi connectivity index (χ2n) is 6.16. The van der Waals surface area contributed by atoms with Gasteiger partial charge in [0.2, 0.25) is 0 Å². The Morgan fingerprint density at radius 2 is 1.84 bits per heavy atom. The van der Waals surface area contributed by atoms with E-state index in [0.29, 0.717) is 5.56 Å². The van der Waals surface area contributed by atoms with E-state index in [1.54, 1.807) is 0 Å². The van der Waals surface area contributed by atoms with Crippen molar-refractivity contribution in [3.8, 4) is 11.5 Å². The van der Waals surface area contributed by atoms with Crippen LogP contribution in [0.25, 0.3) is 0 Å². The molecule has 1 amide bonds. The van der Waals surface area contributed by atoms with Crippen LogP contribution in [0.5, 0.6) is 11.5 Å². The van der Waals surface area contributed by atoms with Crippen LogP contribution in [0.1, 0.15) is 15.9 Å². The van der Waals surface area contributed by atoms with E-state index in [2.05, 4.69) is 15.3 Å². The van der Waals surface area contributed by atoms with Gasteiger partial charge in [0.05, 0.1) is 16.1 Å². The number of hydrazone groups is 1. The lowest BCUT2D eigenvalue weighted by Gasteiger charge is -2.10. The Hall–Kier alpha value is -3.51. The van der Waals surface area contributed by atoms with Gasteiger partial charge in [0.15, 0.2) is 0 Å². The van der Waals surface area contributed by atoms with Gasteiger partial charge in [0, 0.05) is 23.5 Å². The molecule has 0 aliphatic heterocycles. The highest BCUT2D eigenvalue weighted by Crippen LogP contribution is 2.25. The molecule has 2 aromatic carbocycles. The third-order valence-electron chi connectivity index (χ3n) is 3.91. The number of ether oxygens (including phenoxy) is 1. The number of aromatic nitrogens is 1. The summed E-state index contributed by atoms with van der Waals surface area (Å²) in [5.74, 6) is -1.35. The molecule has 32 heavy (non-hydrogen) atoms. The Balaban J connectivity index is 1.69. The summed E-state index contributed by atoms with van der Waals surface area (Å²) in [6.07, 6.45) is -1.30. The second kappa shape index (κ2) is 8.93. The monoisotopic (exact) mass is 487 g/mol. The molecular weight excluding hydrogens is 475 g/mol. The lowest BCUT2D eigenvalue weighted by molar-refractivity contribution is -0.274. The number of phenolic OH excluding ortho intramolecular Hbond substituents is 1. The zero-order valence-corrected chi connectivity index (χ0v) is 17.3. The van der Waals surface area contributed by atoms with Gasteiger partial charge in [-0.3, -0.25) is 4.79 Å². The molecule has 0 fully saturated rings. The smallest absolute Gasteiger partial charge is 0.506 e. The Kier molecular flexibility index (Phi) is 6.46. The average molecular weight is 488 g/mol. The molecule has 13 heteroatoms. The van der Waals surface area contributed by atoms with E-state index in [-0.39, 0.29) is 21.2 Å². The van der Waals surface area contributed by atoms with E-state index in [1.807, 2.05) is 0 Å². The predicted octanol–water partition coefficient (Wildman–Crippen LogP) is 3.75. The zero-order chi connectivity index (χ0) is 23.5. The first kappa shape index (κ1) is 23.2. The van der Waals surface area contributed by atoms with Crippen LogP contribution >= 0.6 is 11.6 Å². The van der Waals surface area contributed by atoms with Crippen LogP contribution in [0.15, 0.2) is 70.9 Å². The van der Waals surface area contributed by atoms with Crippen LogP contribution < -0.4 is 10.2 Å². The fourth-order valence-corrected chi connectivity index (χ4v) is 3.82. The van der Waals surface area contributed by atoms with Gasteiger partial charge < -0.3 is 9.84 Å². The maximum Gasteiger partial charge on any atom is 0.573 e. The highest BCUT2D eigenvalue weighted by molar-refractivity contribution is 7.90. The SMILES string of the molecule is O=C(N/N=C/c1ccn(S(=O)(=O)c2ccc(OC(F)(F)F)cc2)c1)c1ccc(O)c(Cl)c1. The summed E-state index contributed by atoms with van der Waals surface area (Å²) in [5.41, 5.74) is 2.68. The average Bonchev–Trinajstić information content (AvgIpc) is 3.19. The Morgan fingerprint density at radius 3 is 2.47 bits per heavy atom. The van der Waals surface area contributed by atoms with Gasteiger partial charge >= 0.3 is 6.36 Å². The quantitative estimate of drug-likeness (QED) is 0.406. The number of halogens is 4. The number of hydrogen-bond donors (Lipinski definition) is 2. The third kappa shape index (κ3) is 5.59. The zero-order valence-electron chi connectivity index (χ0n) is 15.7. The summed E-state index contributed by atoms with van der Waals surface area (Å²) in [4.78, 5) is 11.8. The van der Waals surface area contributed by atoms with Crippen LogP contribution in [-0.2, 0) is 10.0 Å². The Bertz CT molecular complexity index is 1270. The molecule has 0 saturated heterocycles. The van der Waals surface area contributed by atoms with Gasteiger partial charge in [-0.1, -0.05) is 11.6 Å². The van der Waals surface area contributed by atoms with Crippen molar-refractivity contribution < 1.29 is 36.2 Å². The molecule has 3 aromatic rings. The number of nitrogens with one attached hydrogen (secondary N) is 1. The van der Waals surface area contributed by atoms with E-state index in [1.165, 1.54) is 42.9 Å². The summed E-state index contributed by atoms with van der Waals surface area (Å²) >= 11 is 5.74. The van der Waals surface area contributed by atoms with Crippen molar-refractivity contribution in [1.29, 1.82) is 0 Å². The Morgan fingerprint density at radius 1 is 1.16 bits per heavy atom. The van der Waals surface area contributed by atoms with Crippen LogP contribution in [0.3, 0.4) is 0 Å². The molecule has 0 bridgehead atoms. The van der Waals surface area contributed by atoms with E-state index >= 15 is 0 Å². The second-order valence-corrected chi connectivity index (χ2v) is 8.41. The minimum absolute atomic E-state index is 0.0121. The summed E-state index contributed by atoms with van der Waals surface area (Å²) in [5, 5.41) is 13.1. The number of nitrogens with zero attached hydrogens (tertiary/aromatic N) is 2. The molecular formula is C19H13ClF3N3O5S. The first-order valence-electron chi connectivity index (χ1n) is 8.57. The summed E-state index contributed by atoms with van der Waals surface area (Å²) in [6.45, 7) is 0. The highest BCUT2D eigenvalue weighted by atomic mass is 35.5. The summed E-state index contributed by atoms with van der Waals surface area (Å²) in [7, 11) is -4.08. The van der Waals surface area contributed by atoms with Crippen molar-refractivity contribution in [3.05, 3.63) is 77.1 Å². The molecule has 0 radical (unpaired) electrons. The topological polar surface area (TPSA) is 110 Å². The van der Waals surface area contributed by atoms with Crippen LogP contribution in [-0.4, -0.2) is 36.0 Å². The fraction of sp³-hybridized carbons (Fsp3) is 0.0526. The van der Waals surface area contributed by atoms with Gasteiger partial charge in [-0.15, -0.1) is 13.2 Å².